The van der Waals surface area contributed by atoms with E-state index < -0.39 is 5.60 Å². The van der Waals surface area contributed by atoms with E-state index >= 15 is 0 Å². The van der Waals surface area contributed by atoms with Crippen LogP contribution < -0.4 is 9.47 Å². The number of hydrogen-bond acceptors (Lipinski definition) is 4. The number of rotatable bonds is 5. The van der Waals surface area contributed by atoms with Crippen molar-refractivity contribution in [3.05, 3.63) is 23.8 Å². The zero-order valence-electron chi connectivity index (χ0n) is 10.5. The van der Waals surface area contributed by atoms with Gasteiger partial charge in [-0.15, -0.1) is 0 Å². The standard InChI is InChI=1S/C14H18O4/c1-17-12-6-4-5-11(9-15)13(12)18-10-14(16)7-2-3-8-14/h4-6,9,16H,2-3,7-8,10H2,1H3. The summed E-state index contributed by atoms with van der Waals surface area (Å²) < 4.78 is 10.8. The Kier molecular flexibility index (Phi) is 3.87. The first-order valence-corrected chi connectivity index (χ1v) is 6.16. The summed E-state index contributed by atoms with van der Waals surface area (Å²) in [5, 5.41) is 10.2. The first-order valence-electron chi connectivity index (χ1n) is 6.16. The lowest BCUT2D eigenvalue weighted by Crippen LogP contribution is -2.32. The topological polar surface area (TPSA) is 55.8 Å². The Morgan fingerprint density at radius 2 is 2.11 bits per heavy atom. The van der Waals surface area contributed by atoms with Gasteiger partial charge in [0.15, 0.2) is 17.8 Å². The van der Waals surface area contributed by atoms with E-state index in [1.807, 2.05) is 0 Å². The normalized spacial score (nSPS) is 17.4. The zero-order chi connectivity index (χ0) is 13.0. The fraction of sp³-hybridized carbons (Fsp3) is 0.500. The fourth-order valence-corrected chi connectivity index (χ4v) is 2.32. The first kappa shape index (κ1) is 12.9. The highest BCUT2D eigenvalue weighted by atomic mass is 16.5. The summed E-state index contributed by atoms with van der Waals surface area (Å²) in [7, 11) is 1.53. The molecule has 0 amide bonds. The zero-order valence-corrected chi connectivity index (χ0v) is 10.5. The van der Waals surface area contributed by atoms with Gasteiger partial charge in [0.1, 0.15) is 6.61 Å². The van der Waals surface area contributed by atoms with E-state index in [4.69, 9.17) is 9.47 Å². The molecular formula is C14H18O4. The Morgan fingerprint density at radius 3 is 2.72 bits per heavy atom. The quantitative estimate of drug-likeness (QED) is 0.814. The van der Waals surface area contributed by atoms with Gasteiger partial charge in [0.25, 0.3) is 0 Å². The van der Waals surface area contributed by atoms with Crippen LogP contribution in [-0.2, 0) is 0 Å². The largest absolute Gasteiger partial charge is 0.493 e. The highest BCUT2D eigenvalue weighted by Gasteiger charge is 2.32. The van der Waals surface area contributed by atoms with Crippen molar-refractivity contribution < 1.29 is 19.4 Å². The molecule has 0 heterocycles. The van der Waals surface area contributed by atoms with E-state index in [1.54, 1.807) is 18.2 Å². The van der Waals surface area contributed by atoms with E-state index in [-0.39, 0.29) is 6.61 Å². The van der Waals surface area contributed by atoms with Crippen molar-refractivity contribution >= 4 is 6.29 Å². The predicted octanol–water partition coefficient (Wildman–Crippen LogP) is 2.19. The summed E-state index contributed by atoms with van der Waals surface area (Å²) in [5.74, 6) is 0.927. The van der Waals surface area contributed by atoms with Gasteiger partial charge in [-0.1, -0.05) is 18.9 Å². The minimum absolute atomic E-state index is 0.203. The lowest BCUT2D eigenvalue weighted by atomic mass is 10.0. The fourth-order valence-electron chi connectivity index (χ4n) is 2.32. The summed E-state index contributed by atoms with van der Waals surface area (Å²) >= 11 is 0. The summed E-state index contributed by atoms with van der Waals surface area (Å²) in [6.45, 7) is 0.203. The second kappa shape index (κ2) is 5.40. The molecule has 0 atom stereocenters. The molecule has 4 nitrogen and oxygen atoms in total. The molecule has 1 aromatic rings. The van der Waals surface area contributed by atoms with Crippen LogP contribution in [0.25, 0.3) is 0 Å². The van der Waals surface area contributed by atoms with Gasteiger partial charge >= 0.3 is 0 Å². The van der Waals surface area contributed by atoms with E-state index in [2.05, 4.69) is 0 Å². The molecule has 1 fully saturated rings. The third-order valence-corrected chi connectivity index (χ3v) is 3.38. The SMILES string of the molecule is COc1cccc(C=O)c1OCC1(O)CCCC1. The molecule has 0 aliphatic heterocycles. The van der Waals surface area contributed by atoms with Gasteiger partial charge in [-0.3, -0.25) is 4.79 Å². The van der Waals surface area contributed by atoms with Crippen LogP contribution in [0.1, 0.15) is 36.0 Å². The van der Waals surface area contributed by atoms with Gasteiger partial charge in [0, 0.05) is 0 Å². The van der Waals surface area contributed by atoms with E-state index in [1.165, 1.54) is 7.11 Å². The number of para-hydroxylation sites is 1. The smallest absolute Gasteiger partial charge is 0.171 e. The molecule has 0 spiro atoms. The van der Waals surface area contributed by atoms with Crippen molar-refractivity contribution in [1.29, 1.82) is 0 Å². The highest BCUT2D eigenvalue weighted by Crippen LogP contribution is 2.34. The minimum atomic E-state index is -0.763. The molecule has 98 valence electrons. The Labute approximate surface area is 107 Å². The second-order valence-electron chi connectivity index (χ2n) is 4.72. The molecule has 0 saturated heterocycles. The van der Waals surface area contributed by atoms with Crippen LogP contribution in [0.2, 0.25) is 0 Å². The van der Waals surface area contributed by atoms with Crippen LogP contribution >= 0.6 is 0 Å². The van der Waals surface area contributed by atoms with Crippen LogP contribution in [0.3, 0.4) is 0 Å². The van der Waals surface area contributed by atoms with Gasteiger partial charge < -0.3 is 14.6 Å². The Morgan fingerprint density at radius 1 is 1.39 bits per heavy atom. The average Bonchev–Trinajstić information content (AvgIpc) is 2.83. The molecule has 1 aliphatic carbocycles. The van der Waals surface area contributed by atoms with E-state index in [0.717, 1.165) is 32.0 Å². The number of benzene rings is 1. The van der Waals surface area contributed by atoms with Crippen LogP contribution in [0.4, 0.5) is 0 Å². The molecule has 1 aliphatic rings. The minimum Gasteiger partial charge on any atom is -0.493 e. The molecule has 0 radical (unpaired) electrons. The molecular weight excluding hydrogens is 232 g/mol. The van der Waals surface area contributed by atoms with E-state index in [9.17, 15) is 9.90 Å². The van der Waals surface area contributed by atoms with Gasteiger partial charge in [-0.2, -0.15) is 0 Å². The molecule has 2 rings (SSSR count). The third-order valence-electron chi connectivity index (χ3n) is 3.38. The van der Waals surface area contributed by atoms with Crippen LogP contribution in [0.5, 0.6) is 11.5 Å². The number of methoxy groups -OCH3 is 1. The molecule has 4 heteroatoms. The predicted molar refractivity (Wildman–Crippen MR) is 67.3 cm³/mol. The van der Waals surface area contributed by atoms with Crippen LogP contribution in [0.15, 0.2) is 18.2 Å². The maximum absolute atomic E-state index is 11.0. The summed E-state index contributed by atoms with van der Waals surface area (Å²) in [6, 6.07) is 5.14. The third kappa shape index (κ3) is 2.64. The monoisotopic (exact) mass is 250 g/mol. The number of aliphatic hydroxyl groups is 1. The van der Waals surface area contributed by atoms with Gasteiger partial charge in [0.05, 0.1) is 18.3 Å². The number of ether oxygens (including phenoxy) is 2. The van der Waals surface area contributed by atoms with Crippen LogP contribution in [-0.4, -0.2) is 30.7 Å². The number of carbonyl (C=O) groups excluding carboxylic acids is 1. The Bertz CT molecular complexity index is 422. The van der Waals surface area contributed by atoms with Crippen molar-refractivity contribution in [3.63, 3.8) is 0 Å². The molecule has 0 aromatic heterocycles. The summed E-state index contributed by atoms with van der Waals surface area (Å²) in [5.41, 5.74) is -0.322. The number of hydrogen-bond donors (Lipinski definition) is 1. The van der Waals surface area contributed by atoms with Crippen molar-refractivity contribution in [2.75, 3.05) is 13.7 Å². The highest BCUT2D eigenvalue weighted by molar-refractivity contribution is 5.81. The summed E-state index contributed by atoms with van der Waals surface area (Å²) in [4.78, 5) is 11.0. The van der Waals surface area contributed by atoms with Crippen molar-refractivity contribution in [2.45, 2.75) is 31.3 Å². The van der Waals surface area contributed by atoms with Gasteiger partial charge in [-0.05, 0) is 25.0 Å². The maximum atomic E-state index is 11.0. The molecule has 18 heavy (non-hydrogen) atoms. The Balaban J connectivity index is 2.14. The Hall–Kier alpha value is -1.55. The molecule has 1 N–H and O–H groups in total. The maximum Gasteiger partial charge on any atom is 0.171 e. The molecule has 0 bridgehead atoms. The molecule has 1 saturated carbocycles. The van der Waals surface area contributed by atoms with E-state index in [0.29, 0.717) is 17.1 Å². The molecule has 0 unspecified atom stereocenters. The number of carbonyl (C=O) groups is 1. The second-order valence-corrected chi connectivity index (χ2v) is 4.72. The first-order chi connectivity index (χ1) is 8.68. The lowest BCUT2D eigenvalue weighted by molar-refractivity contribution is 0.000542. The van der Waals surface area contributed by atoms with Crippen molar-refractivity contribution in [2.24, 2.45) is 0 Å². The van der Waals surface area contributed by atoms with Gasteiger partial charge in [-0.25, -0.2) is 0 Å². The average molecular weight is 250 g/mol. The van der Waals surface area contributed by atoms with Gasteiger partial charge in [0.2, 0.25) is 0 Å². The summed E-state index contributed by atoms with van der Waals surface area (Å²) in [6.07, 6.45) is 4.27. The number of aldehydes is 1. The molecule has 1 aromatic carbocycles. The van der Waals surface area contributed by atoms with Crippen LogP contribution in [0, 0.1) is 0 Å². The van der Waals surface area contributed by atoms with Crippen molar-refractivity contribution in [1.82, 2.24) is 0 Å². The lowest BCUT2D eigenvalue weighted by Gasteiger charge is -2.23. The van der Waals surface area contributed by atoms with Crippen molar-refractivity contribution in [3.8, 4) is 11.5 Å².